The van der Waals surface area contributed by atoms with E-state index in [-0.39, 0.29) is 0 Å². The molecule has 3 nitrogen and oxygen atoms in total. The lowest BCUT2D eigenvalue weighted by molar-refractivity contribution is 0.984. The highest BCUT2D eigenvalue weighted by Crippen LogP contribution is 2.06. The van der Waals surface area contributed by atoms with Crippen molar-refractivity contribution >= 4 is 5.69 Å². The van der Waals surface area contributed by atoms with Crippen molar-refractivity contribution in [3.05, 3.63) is 29.8 Å². The summed E-state index contributed by atoms with van der Waals surface area (Å²) < 4.78 is 0. The summed E-state index contributed by atoms with van der Waals surface area (Å²) in [5, 5.41) is 8.47. The fourth-order valence-electron chi connectivity index (χ4n) is 0.772. The Morgan fingerprint density at radius 1 is 1.27 bits per heavy atom. The molecule has 11 heavy (non-hydrogen) atoms. The summed E-state index contributed by atoms with van der Waals surface area (Å²) in [7, 11) is 1.79. The minimum Gasteiger partial charge on any atom is -0.322 e. The van der Waals surface area contributed by atoms with Crippen LogP contribution in [-0.2, 0) is 0 Å². The van der Waals surface area contributed by atoms with E-state index in [0.717, 1.165) is 5.69 Å². The summed E-state index contributed by atoms with van der Waals surface area (Å²) in [5.74, 6) is 0. The minimum atomic E-state index is 0.673. The van der Waals surface area contributed by atoms with E-state index in [9.17, 15) is 0 Å². The molecule has 0 aromatic heterocycles. The molecule has 0 aliphatic heterocycles. The van der Waals surface area contributed by atoms with Crippen molar-refractivity contribution in [2.24, 2.45) is 0 Å². The third kappa shape index (κ3) is 1.95. The van der Waals surface area contributed by atoms with Gasteiger partial charge in [-0.15, -0.1) is 0 Å². The SMILES string of the molecule is CNNc1ccc(C#N)cc1. The smallest absolute Gasteiger partial charge is 0.0991 e. The van der Waals surface area contributed by atoms with Gasteiger partial charge in [-0.1, -0.05) is 0 Å². The van der Waals surface area contributed by atoms with Crippen LogP contribution < -0.4 is 10.9 Å². The highest BCUT2D eigenvalue weighted by Gasteiger charge is 1.89. The average molecular weight is 147 g/mol. The van der Waals surface area contributed by atoms with Crippen LogP contribution >= 0.6 is 0 Å². The maximum atomic E-state index is 8.47. The van der Waals surface area contributed by atoms with Gasteiger partial charge >= 0.3 is 0 Å². The van der Waals surface area contributed by atoms with Gasteiger partial charge in [0.25, 0.3) is 0 Å². The lowest BCUT2D eigenvalue weighted by Gasteiger charge is -2.01. The number of anilines is 1. The predicted molar refractivity (Wildman–Crippen MR) is 43.8 cm³/mol. The van der Waals surface area contributed by atoms with E-state index in [2.05, 4.69) is 10.9 Å². The van der Waals surface area contributed by atoms with Crippen molar-refractivity contribution in [2.45, 2.75) is 0 Å². The van der Waals surface area contributed by atoms with Crippen LogP contribution in [0.3, 0.4) is 0 Å². The van der Waals surface area contributed by atoms with E-state index in [1.54, 1.807) is 19.2 Å². The van der Waals surface area contributed by atoms with E-state index in [1.807, 2.05) is 18.2 Å². The summed E-state index contributed by atoms with van der Waals surface area (Å²) in [5.41, 5.74) is 7.31. The lowest BCUT2D eigenvalue weighted by atomic mass is 10.2. The number of hydrazine groups is 1. The molecule has 0 aliphatic rings. The fourth-order valence-corrected chi connectivity index (χ4v) is 0.772. The first-order valence-corrected chi connectivity index (χ1v) is 3.29. The summed E-state index contributed by atoms with van der Waals surface area (Å²) in [6, 6.07) is 9.26. The average Bonchev–Trinajstić information content (AvgIpc) is 2.07. The summed E-state index contributed by atoms with van der Waals surface area (Å²) in [6.45, 7) is 0. The van der Waals surface area contributed by atoms with Gasteiger partial charge in [-0.3, -0.25) is 0 Å². The molecule has 0 radical (unpaired) electrons. The third-order valence-electron chi connectivity index (χ3n) is 1.28. The second-order valence-electron chi connectivity index (χ2n) is 2.06. The first-order valence-electron chi connectivity index (χ1n) is 3.29. The largest absolute Gasteiger partial charge is 0.322 e. The minimum absolute atomic E-state index is 0.673. The van der Waals surface area contributed by atoms with E-state index < -0.39 is 0 Å². The third-order valence-corrected chi connectivity index (χ3v) is 1.28. The monoisotopic (exact) mass is 147 g/mol. The van der Waals surface area contributed by atoms with Crippen molar-refractivity contribution in [2.75, 3.05) is 12.5 Å². The second-order valence-corrected chi connectivity index (χ2v) is 2.06. The number of nitrogens with one attached hydrogen (secondary N) is 2. The molecule has 0 fully saturated rings. The Balaban J connectivity index is 2.76. The number of nitrogens with zero attached hydrogens (tertiary/aromatic N) is 1. The van der Waals surface area contributed by atoms with Gasteiger partial charge in [-0.25, -0.2) is 5.43 Å². The van der Waals surface area contributed by atoms with E-state index >= 15 is 0 Å². The van der Waals surface area contributed by atoms with Gasteiger partial charge in [0.05, 0.1) is 11.6 Å². The van der Waals surface area contributed by atoms with Gasteiger partial charge in [0.15, 0.2) is 0 Å². The molecule has 0 bridgehead atoms. The van der Waals surface area contributed by atoms with Gasteiger partial charge in [-0.2, -0.15) is 5.26 Å². The zero-order valence-corrected chi connectivity index (χ0v) is 6.26. The lowest BCUT2D eigenvalue weighted by Crippen LogP contribution is -2.14. The Hall–Kier alpha value is -1.53. The van der Waals surface area contributed by atoms with Crippen LogP contribution in [-0.4, -0.2) is 7.05 Å². The van der Waals surface area contributed by atoms with Gasteiger partial charge in [0.1, 0.15) is 0 Å². The molecule has 0 heterocycles. The van der Waals surface area contributed by atoms with Crippen molar-refractivity contribution in [3.63, 3.8) is 0 Å². The highest BCUT2D eigenvalue weighted by atomic mass is 15.3. The van der Waals surface area contributed by atoms with Gasteiger partial charge < -0.3 is 5.43 Å². The number of hydrogen-bond acceptors (Lipinski definition) is 3. The van der Waals surface area contributed by atoms with E-state index in [1.165, 1.54) is 0 Å². The predicted octanol–water partition coefficient (Wildman–Crippen LogP) is 1.10. The van der Waals surface area contributed by atoms with E-state index in [4.69, 9.17) is 5.26 Å². The zero-order valence-electron chi connectivity index (χ0n) is 6.26. The quantitative estimate of drug-likeness (QED) is 0.616. The van der Waals surface area contributed by atoms with Crippen LogP contribution in [0.25, 0.3) is 0 Å². The molecular weight excluding hydrogens is 138 g/mol. The van der Waals surface area contributed by atoms with Crippen LogP contribution in [0.15, 0.2) is 24.3 Å². The Bertz CT molecular complexity index is 258. The zero-order chi connectivity index (χ0) is 8.10. The normalized spacial score (nSPS) is 8.73. The van der Waals surface area contributed by atoms with Gasteiger partial charge in [0.2, 0.25) is 0 Å². The van der Waals surface area contributed by atoms with Gasteiger partial charge in [-0.05, 0) is 24.3 Å². The first-order chi connectivity index (χ1) is 5.36. The molecule has 3 heteroatoms. The van der Waals surface area contributed by atoms with Crippen LogP contribution in [0.2, 0.25) is 0 Å². The first kappa shape index (κ1) is 7.58. The molecule has 2 N–H and O–H groups in total. The van der Waals surface area contributed by atoms with Crippen molar-refractivity contribution in [1.29, 1.82) is 5.26 Å². The number of hydrogen-bond donors (Lipinski definition) is 2. The van der Waals surface area contributed by atoms with Crippen LogP contribution in [0, 0.1) is 11.3 Å². The fraction of sp³-hybridized carbons (Fsp3) is 0.125. The molecule has 1 aromatic carbocycles. The van der Waals surface area contributed by atoms with Crippen LogP contribution in [0.4, 0.5) is 5.69 Å². The second kappa shape index (κ2) is 3.59. The standard InChI is InChI=1S/C8H9N3/c1-10-11-8-4-2-7(6-9)3-5-8/h2-5,10-11H,1H3. The Morgan fingerprint density at radius 3 is 2.36 bits per heavy atom. The molecular formula is C8H9N3. The summed E-state index contributed by atoms with van der Waals surface area (Å²) >= 11 is 0. The highest BCUT2D eigenvalue weighted by molar-refractivity contribution is 5.46. The molecule has 56 valence electrons. The summed E-state index contributed by atoms with van der Waals surface area (Å²) in [6.07, 6.45) is 0. The number of rotatable bonds is 2. The topological polar surface area (TPSA) is 47.8 Å². The molecule has 0 unspecified atom stereocenters. The maximum Gasteiger partial charge on any atom is 0.0991 e. The van der Waals surface area contributed by atoms with Crippen LogP contribution in [0.5, 0.6) is 0 Å². The molecule has 0 aliphatic carbocycles. The molecule has 0 saturated heterocycles. The van der Waals surface area contributed by atoms with Crippen LogP contribution in [0.1, 0.15) is 5.56 Å². The molecule has 1 aromatic rings. The molecule has 0 atom stereocenters. The van der Waals surface area contributed by atoms with Crippen molar-refractivity contribution < 1.29 is 0 Å². The van der Waals surface area contributed by atoms with Crippen molar-refractivity contribution in [1.82, 2.24) is 5.43 Å². The number of nitriles is 1. The molecule has 0 spiro atoms. The maximum absolute atomic E-state index is 8.47. The molecule has 1 rings (SSSR count). The Labute approximate surface area is 65.6 Å². The molecule has 0 amide bonds. The summed E-state index contributed by atoms with van der Waals surface area (Å²) in [4.78, 5) is 0. The van der Waals surface area contributed by atoms with Gasteiger partial charge in [0, 0.05) is 12.7 Å². The Kier molecular flexibility index (Phi) is 2.47. The number of benzene rings is 1. The molecule has 0 saturated carbocycles. The Morgan fingerprint density at radius 2 is 1.91 bits per heavy atom. The van der Waals surface area contributed by atoms with Crippen molar-refractivity contribution in [3.8, 4) is 6.07 Å². The van der Waals surface area contributed by atoms with E-state index in [0.29, 0.717) is 5.56 Å².